The molecule has 0 saturated carbocycles. The Morgan fingerprint density at radius 3 is 2.30 bits per heavy atom. The largest absolute Gasteiger partial charge is 0.341 e. The van der Waals surface area contributed by atoms with Gasteiger partial charge >= 0.3 is 0 Å². The molecule has 3 heterocycles. The Morgan fingerprint density at radius 2 is 1.76 bits per heavy atom. The molecule has 0 unspecified atom stereocenters. The molecule has 0 bridgehead atoms. The molecule has 9 nitrogen and oxygen atoms in total. The highest BCUT2D eigenvalue weighted by atomic mass is 16.2. The summed E-state index contributed by atoms with van der Waals surface area (Å²) in [4.78, 5) is 39.7. The zero-order valence-electron chi connectivity index (χ0n) is 21.6. The zero-order valence-corrected chi connectivity index (χ0v) is 21.6. The summed E-state index contributed by atoms with van der Waals surface area (Å²) in [6.45, 7) is 20.2. The Balaban J connectivity index is 1.79. The highest BCUT2D eigenvalue weighted by molar-refractivity contribution is 5.79. The van der Waals surface area contributed by atoms with Gasteiger partial charge in [-0.15, -0.1) is 0 Å². The molecule has 1 aliphatic heterocycles. The van der Waals surface area contributed by atoms with Gasteiger partial charge in [0.15, 0.2) is 5.52 Å². The number of fused-ring (bicyclic) bond motifs is 1. The molecule has 1 fully saturated rings. The molecule has 9 heteroatoms. The number of carbonyl (C=O) groups excluding carboxylic acids is 1. The third-order valence-electron chi connectivity index (χ3n) is 6.14. The number of amides is 1. The SMILES string of the molecule is CC(C)CN(CCN1CCN(C(=O)C(C)C)CC1)c1nc2c(C(C)(C)C)nn(C)c2c(=O)[nH]1. The van der Waals surface area contributed by atoms with E-state index >= 15 is 0 Å². The van der Waals surface area contributed by atoms with Crippen LogP contribution in [-0.2, 0) is 17.3 Å². The minimum absolute atomic E-state index is 0.0429. The van der Waals surface area contributed by atoms with Gasteiger partial charge in [-0.05, 0) is 5.92 Å². The van der Waals surface area contributed by atoms with Gasteiger partial charge in [-0.2, -0.15) is 5.10 Å². The lowest BCUT2D eigenvalue weighted by Gasteiger charge is -2.36. The average molecular weight is 460 g/mol. The minimum Gasteiger partial charge on any atom is -0.341 e. The normalized spacial score (nSPS) is 15.8. The van der Waals surface area contributed by atoms with Gasteiger partial charge in [-0.25, -0.2) is 4.98 Å². The zero-order chi connectivity index (χ0) is 24.5. The highest BCUT2D eigenvalue weighted by Crippen LogP contribution is 2.27. The van der Waals surface area contributed by atoms with E-state index in [1.54, 1.807) is 11.7 Å². The number of hydrogen-bond acceptors (Lipinski definition) is 6. The van der Waals surface area contributed by atoms with E-state index in [0.717, 1.165) is 51.5 Å². The molecule has 184 valence electrons. The predicted molar refractivity (Wildman–Crippen MR) is 133 cm³/mol. The van der Waals surface area contributed by atoms with Crippen molar-refractivity contribution in [3.8, 4) is 0 Å². The van der Waals surface area contributed by atoms with Crippen molar-refractivity contribution in [2.75, 3.05) is 50.7 Å². The standard InChI is InChI=1S/C24H41N7O2/c1-16(2)15-31(14-11-29-9-12-30(13-10-29)22(33)17(3)4)23-25-18-19(21(32)26-23)28(8)27-20(18)24(5,6)7/h16-17H,9-15H2,1-8H3,(H,25,26,32). The van der Waals surface area contributed by atoms with E-state index in [9.17, 15) is 9.59 Å². The number of anilines is 1. The van der Waals surface area contributed by atoms with Crippen LogP contribution in [0.2, 0.25) is 0 Å². The second kappa shape index (κ2) is 9.83. The summed E-state index contributed by atoms with van der Waals surface area (Å²) in [5, 5.41) is 4.61. The maximum absolute atomic E-state index is 13.0. The fraction of sp³-hybridized carbons (Fsp3) is 0.750. The van der Waals surface area contributed by atoms with Gasteiger partial charge in [0.25, 0.3) is 5.56 Å². The van der Waals surface area contributed by atoms with Crippen LogP contribution >= 0.6 is 0 Å². The molecule has 1 N–H and O–H groups in total. The number of nitrogens with zero attached hydrogens (tertiary/aromatic N) is 6. The molecule has 33 heavy (non-hydrogen) atoms. The van der Waals surface area contributed by atoms with Crippen molar-refractivity contribution in [3.63, 3.8) is 0 Å². The lowest BCUT2D eigenvalue weighted by Crippen LogP contribution is -2.51. The van der Waals surface area contributed by atoms with E-state index in [4.69, 9.17) is 4.98 Å². The van der Waals surface area contributed by atoms with Crippen LogP contribution in [-0.4, -0.2) is 81.3 Å². The Bertz CT molecular complexity index is 1020. The second-order valence-electron chi connectivity index (χ2n) is 11.0. The molecule has 1 aliphatic rings. The number of hydrogen-bond donors (Lipinski definition) is 1. The number of nitrogens with one attached hydrogen (secondary N) is 1. The number of rotatable bonds is 7. The lowest BCUT2D eigenvalue weighted by atomic mass is 9.91. The summed E-state index contributed by atoms with van der Waals surface area (Å²) in [7, 11) is 1.80. The number of aromatic amines is 1. The van der Waals surface area contributed by atoms with E-state index in [-0.39, 0.29) is 22.8 Å². The van der Waals surface area contributed by atoms with E-state index in [1.807, 2.05) is 18.7 Å². The molecular weight excluding hydrogens is 418 g/mol. The summed E-state index contributed by atoms with van der Waals surface area (Å²) in [5.74, 6) is 1.30. The van der Waals surface area contributed by atoms with Crippen molar-refractivity contribution in [1.82, 2.24) is 29.5 Å². The fourth-order valence-corrected chi connectivity index (χ4v) is 4.37. The molecule has 0 spiro atoms. The van der Waals surface area contributed by atoms with Gasteiger partial charge < -0.3 is 9.80 Å². The van der Waals surface area contributed by atoms with Crippen LogP contribution in [0.3, 0.4) is 0 Å². The molecule has 1 saturated heterocycles. The Morgan fingerprint density at radius 1 is 1.12 bits per heavy atom. The van der Waals surface area contributed by atoms with Gasteiger partial charge in [0.2, 0.25) is 11.9 Å². The molecule has 0 aliphatic carbocycles. The molecular formula is C24H41N7O2. The van der Waals surface area contributed by atoms with Crippen molar-refractivity contribution in [2.45, 2.75) is 53.9 Å². The van der Waals surface area contributed by atoms with Gasteiger partial charge in [0, 0.05) is 64.2 Å². The second-order valence-corrected chi connectivity index (χ2v) is 11.0. The first-order valence-electron chi connectivity index (χ1n) is 12.1. The summed E-state index contributed by atoms with van der Waals surface area (Å²) in [6.07, 6.45) is 0. The van der Waals surface area contributed by atoms with Crippen LogP contribution in [0.5, 0.6) is 0 Å². The number of aromatic nitrogens is 4. The molecule has 0 aromatic carbocycles. The Kier molecular flexibility index (Phi) is 7.51. The molecule has 0 radical (unpaired) electrons. The van der Waals surface area contributed by atoms with E-state index < -0.39 is 0 Å². The highest BCUT2D eigenvalue weighted by Gasteiger charge is 2.27. The molecule has 3 rings (SSSR count). The number of H-pyrrole nitrogens is 1. The monoisotopic (exact) mass is 459 g/mol. The van der Waals surface area contributed by atoms with Crippen molar-refractivity contribution < 1.29 is 4.79 Å². The van der Waals surface area contributed by atoms with E-state index in [1.165, 1.54) is 0 Å². The van der Waals surface area contributed by atoms with Crippen molar-refractivity contribution >= 4 is 22.9 Å². The van der Waals surface area contributed by atoms with Gasteiger partial charge in [-0.3, -0.25) is 24.2 Å². The van der Waals surface area contributed by atoms with Crippen LogP contribution in [0.4, 0.5) is 5.95 Å². The van der Waals surface area contributed by atoms with Crippen LogP contribution in [0, 0.1) is 11.8 Å². The maximum atomic E-state index is 13.0. The van der Waals surface area contributed by atoms with Gasteiger partial charge in [-0.1, -0.05) is 48.5 Å². The summed E-state index contributed by atoms with van der Waals surface area (Å²) >= 11 is 0. The van der Waals surface area contributed by atoms with Crippen molar-refractivity contribution in [2.24, 2.45) is 18.9 Å². The summed E-state index contributed by atoms with van der Waals surface area (Å²) in [6, 6.07) is 0. The first kappa shape index (κ1) is 25.2. The van der Waals surface area contributed by atoms with Crippen molar-refractivity contribution in [1.29, 1.82) is 0 Å². The topological polar surface area (TPSA) is 90.4 Å². The maximum Gasteiger partial charge on any atom is 0.278 e. The Hall–Kier alpha value is -2.42. The van der Waals surface area contributed by atoms with Crippen LogP contribution in [0.25, 0.3) is 11.0 Å². The lowest BCUT2D eigenvalue weighted by molar-refractivity contribution is -0.136. The van der Waals surface area contributed by atoms with E-state index in [2.05, 4.69) is 54.5 Å². The summed E-state index contributed by atoms with van der Waals surface area (Å²) < 4.78 is 1.64. The van der Waals surface area contributed by atoms with Crippen molar-refractivity contribution in [3.05, 3.63) is 16.0 Å². The predicted octanol–water partition coefficient (Wildman–Crippen LogP) is 2.22. The molecule has 2 aromatic rings. The third-order valence-corrected chi connectivity index (χ3v) is 6.14. The average Bonchev–Trinajstić information content (AvgIpc) is 3.08. The Labute approximate surface area is 197 Å². The molecule has 0 atom stereocenters. The van der Waals surface area contributed by atoms with Crippen LogP contribution < -0.4 is 10.5 Å². The smallest absolute Gasteiger partial charge is 0.278 e. The van der Waals surface area contributed by atoms with Crippen LogP contribution in [0.15, 0.2) is 4.79 Å². The van der Waals surface area contributed by atoms with Gasteiger partial charge in [0.1, 0.15) is 5.52 Å². The molecule has 1 amide bonds. The number of aryl methyl sites for hydroxylation is 1. The molecule has 2 aromatic heterocycles. The number of piperazine rings is 1. The fourth-order valence-electron chi connectivity index (χ4n) is 4.37. The minimum atomic E-state index is -0.215. The summed E-state index contributed by atoms with van der Waals surface area (Å²) in [5.41, 5.74) is 1.66. The third kappa shape index (κ3) is 5.75. The van der Waals surface area contributed by atoms with Gasteiger partial charge in [0.05, 0.1) is 5.69 Å². The number of carbonyl (C=O) groups is 1. The van der Waals surface area contributed by atoms with E-state index in [0.29, 0.717) is 22.9 Å². The first-order valence-corrected chi connectivity index (χ1v) is 12.1. The van der Waals surface area contributed by atoms with Crippen LogP contribution in [0.1, 0.15) is 54.2 Å². The first-order chi connectivity index (χ1) is 15.4. The quantitative estimate of drug-likeness (QED) is 0.683.